The van der Waals surface area contributed by atoms with Gasteiger partial charge in [0, 0.05) is 19.5 Å². The van der Waals surface area contributed by atoms with E-state index in [1.54, 1.807) is 13.8 Å². The molecule has 37 heavy (non-hydrogen) atoms. The minimum atomic E-state index is -1.21. The second-order valence-corrected chi connectivity index (χ2v) is 9.44. The number of rotatable bonds is 11. The lowest BCUT2D eigenvalue weighted by Crippen LogP contribution is -2.54. The van der Waals surface area contributed by atoms with Crippen molar-refractivity contribution in [3.8, 4) is 11.1 Å². The van der Waals surface area contributed by atoms with Gasteiger partial charge in [0.25, 0.3) is 0 Å². The third kappa shape index (κ3) is 6.58. The maximum atomic E-state index is 13.1. The summed E-state index contributed by atoms with van der Waals surface area (Å²) in [5, 5.41) is 14.4. The molecule has 10 nitrogen and oxygen atoms in total. The second kappa shape index (κ2) is 12.2. The van der Waals surface area contributed by atoms with E-state index in [0.717, 1.165) is 22.3 Å². The van der Waals surface area contributed by atoms with Crippen molar-refractivity contribution in [2.75, 3.05) is 20.2 Å². The van der Waals surface area contributed by atoms with E-state index in [0.29, 0.717) is 6.42 Å². The molecule has 0 heterocycles. The molecule has 4 amide bonds. The van der Waals surface area contributed by atoms with E-state index in [4.69, 9.17) is 10.5 Å². The number of urea groups is 1. The molecule has 0 fully saturated rings. The third-order valence-electron chi connectivity index (χ3n) is 6.52. The Hall–Kier alpha value is -4.08. The van der Waals surface area contributed by atoms with Crippen molar-refractivity contribution < 1.29 is 29.0 Å². The summed E-state index contributed by atoms with van der Waals surface area (Å²) in [6, 6.07) is 13.2. The Morgan fingerprint density at radius 2 is 1.59 bits per heavy atom. The number of likely N-dealkylation sites (N-methyl/N-ethyl adjacent to an activating group) is 1. The number of carbonyl (C=O) groups is 4. The van der Waals surface area contributed by atoms with Crippen LogP contribution in [-0.2, 0) is 14.3 Å². The zero-order valence-corrected chi connectivity index (χ0v) is 21.3. The van der Waals surface area contributed by atoms with Gasteiger partial charge in [0.1, 0.15) is 18.7 Å². The predicted octanol–water partition coefficient (Wildman–Crippen LogP) is 2.91. The first-order valence-electron chi connectivity index (χ1n) is 12.3. The van der Waals surface area contributed by atoms with Gasteiger partial charge in [-0.1, -0.05) is 62.4 Å². The van der Waals surface area contributed by atoms with Gasteiger partial charge in [-0.2, -0.15) is 0 Å². The van der Waals surface area contributed by atoms with Crippen molar-refractivity contribution in [1.29, 1.82) is 0 Å². The molecule has 1 aliphatic rings. The summed E-state index contributed by atoms with van der Waals surface area (Å²) in [5.74, 6) is -2.24. The molecule has 0 unspecified atom stereocenters. The van der Waals surface area contributed by atoms with Gasteiger partial charge < -0.3 is 26.2 Å². The lowest BCUT2D eigenvalue weighted by Gasteiger charge is -2.31. The number of nitrogens with zero attached hydrogens (tertiary/aromatic N) is 1. The van der Waals surface area contributed by atoms with Gasteiger partial charge in [0.2, 0.25) is 5.91 Å². The fourth-order valence-corrected chi connectivity index (χ4v) is 4.77. The lowest BCUT2D eigenvalue weighted by molar-refractivity contribution is -0.143. The summed E-state index contributed by atoms with van der Waals surface area (Å²) in [6.45, 7) is 3.82. The lowest BCUT2D eigenvalue weighted by atomic mass is 9.98. The van der Waals surface area contributed by atoms with E-state index in [-0.39, 0.29) is 31.4 Å². The standard InChI is InChI=1S/C27H34N4O6/c1-16(2)23(24(32)30-22(25(33)34)13-8-14-29-26(28)35)31(3)27(36)37-15-21-19-11-6-4-9-17(19)18-10-5-7-12-20(18)21/h4-7,9-12,16,21-23H,8,13-15H2,1-3H3,(H,30,32)(H,33,34)(H3,28,29,35)/t22-,23-/m0/s1. The van der Waals surface area contributed by atoms with Crippen LogP contribution < -0.4 is 16.4 Å². The Morgan fingerprint density at radius 3 is 2.11 bits per heavy atom. The van der Waals surface area contributed by atoms with Crippen molar-refractivity contribution in [3.05, 3.63) is 59.7 Å². The molecule has 0 aromatic heterocycles. The molecular weight excluding hydrogens is 476 g/mol. The molecule has 0 radical (unpaired) electrons. The number of fused-ring (bicyclic) bond motifs is 3. The fraction of sp³-hybridized carbons (Fsp3) is 0.407. The minimum absolute atomic E-state index is 0.0842. The fourth-order valence-electron chi connectivity index (χ4n) is 4.77. The maximum Gasteiger partial charge on any atom is 0.410 e. The van der Waals surface area contributed by atoms with Crippen LogP contribution in [0.1, 0.15) is 43.7 Å². The van der Waals surface area contributed by atoms with E-state index in [1.165, 1.54) is 11.9 Å². The minimum Gasteiger partial charge on any atom is -0.480 e. The van der Waals surface area contributed by atoms with E-state index in [2.05, 4.69) is 10.6 Å². The average molecular weight is 511 g/mol. The van der Waals surface area contributed by atoms with Crippen LogP contribution in [0.15, 0.2) is 48.5 Å². The number of carboxylic acids is 1. The summed E-state index contributed by atoms with van der Waals surface area (Å²) in [5.41, 5.74) is 9.38. The van der Waals surface area contributed by atoms with Crippen LogP contribution in [0.5, 0.6) is 0 Å². The summed E-state index contributed by atoms with van der Waals surface area (Å²) in [4.78, 5) is 49.8. The number of carboxylic acid groups (broad SMARTS) is 1. The molecule has 1 aliphatic carbocycles. The molecule has 5 N–H and O–H groups in total. The number of primary amides is 1. The van der Waals surface area contributed by atoms with Gasteiger partial charge in [-0.05, 0) is 41.0 Å². The molecule has 0 bridgehead atoms. The van der Waals surface area contributed by atoms with Crippen LogP contribution in [0.4, 0.5) is 9.59 Å². The van der Waals surface area contributed by atoms with Gasteiger partial charge >= 0.3 is 18.1 Å². The highest BCUT2D eigenvalue weighted by atomic mass is 16.6. The first kappa shape index (κ1) is 27.5. The molecule has 2 aromatic rings. The highest BCUT2D eigenvalue weighted by Crippen LogP contribution is 2.44. The molecule has 0 saturated heterocycles. The number of hydrogen-bond donors (Lipinski definition) is 4. The quantitative estimate of drug-likeness (QED) is 0.341. The molecule has 10 heteroatoms. The SMILES string of the molecule is CC(C)[C@@H](C(=O)N[C@@H](CCCNC(N)=O)C(=O)O)N(C)C(=O)OCC1c2ccccc2-c2ccccc21. The summed E-state index contributed by atoms with van der Waals surface area (Å²) in [6.07, 6.45) is -0.288. The second-order valence-electron chi connectivity index (χ2n) is 9.44. The predicted molar refractivity (Wildman–Crippen MR) is 138 cm³/mol. The van der Waals surface area contributed by atoms with Crippen LogP contribution in [0.25, 0.3) is 11.1 Å². The topological polar surface area (TPSA) is 151 Å². The zero-order valence-electron chi connectivity index (χ0n) is 21.3. The molecular formula is C27H34N4O6. The van der Waals surface area contributed by atoms with Crippen LogP contribution in [0.3, 0.4) is 0 Å². The Bertz CT molecular complexity index is 1110. The first-order chi connectivity index (χ1) is 17.6. The van der Waals surface area contributed by atoms with Crippen molar-refractivity contribution in [2.24, 2.45) is 11.7 Å². The molecule has 0 aliphatic heterocycles. The molecule has 0 spiro atoms. The molecule has 3 rings (SSSR count). The van der Waals surface area contributed by atoms with Crippen LogP contribution in [-0.4, -0.2) is 66.3 Å². The first-order valence-corrected chi connectivity index (χ1v) is 12.3. The van der Waals surface area contributed by atoms with E-state index in [1.807, 2.05) is 48.5 Å². The number of amides is 4. The van der Waals surface area contributed by atoms with Gasteiger partial charge in [0.15, 0.2) is 0 Å². The number of nitrogens with one attached hydrogen (secondary N) is 2. The van der Waals surface area contributed by atoms with Crippen LogP contribution >= 0.6 is 0 Å². The molecule has 2 atom stereocenters. The van der Waals surface area contributed by atoms with Crippen molar-refractivity contribution >= 4 is 24.0 Å². The average Bonchev–Trinajstić information content (AvgIpc) is 3.17. The van der Waals surface area contributed by atoms with Crippen molar-refractivity contribution in [2.45, 2.75) is 44.7 Å². The highest BCUT2D eigenvalue weighted by Gasteiger charge is 2.35. The Balaban J connectivity index is 1.65. The number of aliphatic carboxylic acids is 1. The number of benzene rings is 2. The van der Waals surface area contributed by atoms with Crippen LogP contribution in [0.2, 0.25) is 0 Å². The Labute approximate surface area is 216 Å². The highest BCUT2D eigenvalue weighted by molar-refractivity contribution is 5.89. The molecule has 2 aromatic carbocycles. The van der Waals surface area contributed by atoms with E-state index < -0.39 is 36.1 Å². The summed E-state index contributed by atoms with van der Waals surface area (Å²) >= 11 is 0. The number of hydrogen-bond acceptors (Lipinski definition) is 5. The summed E-state index contributed by atoms with van der Waals surface area (Å²) < 4.78 is 5.68. The van der Waals surface area contributed by atoms with Crippen molar-refractivity contribution in [3.63, 3.8) is 0 Å². The maximum absolute atomic E-state index is 13.1. The van der Waals surface area contributed by atoms with Gasteiger partial charge in [-0.25, -0.2) is 14.4 Å². The van der Waals surface area contributed by atoms with Crippen LogP contribution in [0, 0.1) is 5.92 Å². The monoisotopic (exact) mass is 510 g/mol. The summed E-state index contributed by atoms with van der Waals surface area (Å²) in [7, 11) is 1.47. The number of carbonyl (C=O) groups excluding carboxylic acids is 3. The molecule has 0 saturated carbocycles. The molecule has 198 valence electrons. The van der Waals surface area contributed by atoms with Gasteiger partial charge in [0.05, 0.1) is 0 Å². The largest absolute Gasteiger partial charge is 0.480 e. The third-order valence-corrected chi connectivity index (χ3v) is 6.52. The zero-order chi connectivity index (χ0) is 27.1. The smallest absolute Gasteiger partial charge is 0.410 e. The number of nitrogens with two attached hydrogens (primary N) is 1. The van der Waals surface area contributed by atoms with E-state index >= 15 is 0 Å². The van der Waals surface area contributed by atoms with Crippen molar-refractivity contribution in [1.82, 2.24) is 15.5 Å². The van der Waals surface area contributed by atoms with Gasteiger partial charge in [-0.15, -0.1) is 0 Å². The Kier molecular flexibility index (Phi) is 9.10. The number of ether oxygens (including phenoxy) is 1. The van der Waals surface area contributed by atoms with Gasteiger partial charge in [-0.3, -0.25) is 9.69 Å². The normalized spacial score (nSPS) is 13.7. The van der Waals surface area contributed by atoms with E-state index in [9.17, 15) is 24.3 Å². The Morgan fingerprint density at radius 1 is 1.03 bits per heavy atom.